The average Bonchev–Trinajstić information content (AvgIpc) is 3.26. The number of benzene rings is 1. The van der Waals surface area contributed by atoms with Crippen molar-refractivity contribution in [3.63, 3.8) is 0 Å². The molecule has 0 radical (unpaired) electrons. The van der Waals surface area contributed by atoms with Crippen LogP contribution in [0.3, 0.4) is 0 Å². The number of methoxy groups -OCH3 is 1. The second-order valence-corrected chi connectivity index (χ2v) is 9.76. The van der Waals surface area contributed by atoms with Crippen LogP contribution in [0.2, 0.25) is 5.02 Å². The molecule has 1 aromatic carbocycles. The first-order valence-corrected chi connectivity index (χ1v) is 12.8. The minimum Gasteiger partial charge on any atom is -0.493 e. The number of hydrogen-bond donors (Lipinski definition) is 3. The van der Waals surface area contributed by atoms with Gasteiger partial charge in [0.15, 0.2) is 5.75 Å². The molecule has 40 heavy (non-hydrogen) atoms. The monoisotopic (exact) mass is 583 g/mol. The molecule has 2 aromatic heterocycles. The van der Waals surface area contributed by atoms with Crippen molar-refractivity contribution < 1.29 is 36.6 Å². The smallest absolute Gasteiger partial charge is 0.401 e. The van der Waals surface area contributed by atoms with Crippen LogP contribution >= 0.6 is 11.6 Å². The summed E-state index contributed by atoms with van der Waals surface area (Å²) in [4.78, 5) is 21.6. The number of carbonyl (C=O) groups excluding carboxylic acids is 1. The highest BCUT2D eigenvalue weighted by atomic mass is 35.5. The Kier molecular flexibility index (Phi) is 8.06. The number of aromatic amines is 1. The molecule has 4 heterocycles. The first kappa shape index (κ1) is 28.0. The lowest BCUT2D eigenvalue weighted by Gasteiger charge is -2.33. The Hall–Kier alpha value is -3.55. The van der Waals surface area contributed by atoms with Crippen LogP contribution in [0.1, 0.15) is 16.1 Å². The first-order chi connectivity index (χ1) is 19.1. The Bertz CT molecular complexity index is 1400. The zero-order valence-corrected chi connectivity index (χ0v) is 22.1. The van der Waals surface area contributed by atoms with Gasteiger partial charge in [-0.05, 0) is 12.1 Å². The SMILES string of the molecule is COc1c(Cl)cc(F)cc1Nc1c(-c2ccncc2OC[C@@H]2CN(CC(F)(F)F)CCO2)[nH]c2c1C(=O)NCC2. The van der Waals surface area contributed by atoms with E-state index >= 15 is 0 Å². The van der Waals surface area contributed by atoms with Gasteiger partial charge in [0, 0.05) is 49.6 Å². The third-order valence-electron chi connectivity index (χ3n) is 6.54. The summed E-state index contributed by atoms with van der Waals surface area (Å²) in [6.07, 6.45) is -1.38. The second kappa shape index (κ2) is 11.5. The number of H-pyrrole nitrogens is 1. The van der Waals surface area contributed by atoms with Crippen molar-refractivity contribution in [1.29, 1.82) is 0 Å². The number of carbonyl (C=O) groups is 1. The van der Waals surface area contributed by atoms with E-state index in [0.717, 1.165) is 6.07 Å². The van der Waals surface area contributed by atoms with Crippen LogP contribution in [0, 0.1) is 5.82 Å². The molecule has 1 amide bonds. The number of nitrogens with one attached hydrogen (secondary N) is 3. The van der Waals surface area contributed by atoms with Crippen LogP contribution in [-0.4, -0.2) is 79.6 Å². The lowest BCUT2D eigenvalue weighted by molar-refractivity contribution is -0.160. The lowest BCUT2D eigenvalue weighted by Crippen LogP contribution is -2.48. The molecule has 1 saturated heterocycles. The molecule has 0 saturated carbocycles. The van der Waals surface area contributed by atoms with Gasteiger partial charge in [-0.2, -0.15) is 13.2 Å². The maximum Gasteiger partial charge on any atom is 0.401 e. The topological polar surface area (TPSA) is 101 Å². The zero-order chi connectivity index (χ0) is 28.4. The molecule has 5 rings (SSSR count). The summed E-state index contributed by atoms with van der Waals surface area (Å²) in [5.74, 6) is -0.442. The summed E-state index contributed by atoms with van der Waals surface area (Å²) in [5, 5.41) is 5.97. The van der Waals surface area contributed by atoms with Gasteiger partial charge >= 0.3 is 6.18 Å². The van der Waals surface area contributed by atoms with Crippen molar-refractivity contribution in [3.8, 4) is 22.8 Å². The number of nitrogens with zero attached hydrogens (tertiary/aromatic N) is 2. The molecule has 0 unspecified atom stereocenters. The van der Waals surface area contributed by atoms with E-state index in [1.54, 1.807) is 6.07 Å². The fraction of sp³-hybridized carbons (Fsp3) is 0.385. The Morgan fingerprint density at radius 1 is 1.32 bits per heavy atom. The summed E-state index contributed by atoms with van der Waals surface area (Å²) < 4.78 is 69.9. The third kappa shape index (κ3) is 6.11. The van der Waals surface area contributed by atoms with E-state index in [-0.39, 0.29) is 48.7 Å². The molecule has 1 atom stereocenters. The molecular weight excluding hydrogens is 558 g/mol. The number of aromatic nitrogens is 2. The van der Waals surface area contributed by atoms with E-state index in [4.69, 9.17) is 25.8 Å². The van der Waals surface area contributed by atoms with Crippen molar-refractivity contribution >= 4 is 28.9 Å². The van der Waals surface area contributed by atoms with Crippen molar-refractivity contribution in [2.45, 2.75) is 18.7 Å². The molecule has 3 N–H and O–H groups in total. The van der Waals surface area contributed by atoms with Crippen molar-refractivity contribution in [2.75, 3.05) is 51.8 Å². The van der Waals surface area contributed by atoms with Gasteiger partial charge in [-0.25, -0.2) is 4.39 Å². The summed E-state index contributed by atoms with van der Waals surface area (Å²) in [7, 11) is 1.39. The second-order valence-electron chi connectivity index (χ2n) is 9.35. The fourth-order valence-corrected chi connectivity index (χ4v) is 5.15. The van der Waals surface area contributed by atoms with Crippen LogP contribution in [0.25, 0.3) is 11.3 Å². The summed E-state index contributed by atoms with van der Waals surface area (Å²) in [5.41, 5.74) is 2.52. The number of alkyl halides is 3. The van der Waals surface area contributed by atoms with Gasteiger partial charge in [-0.15, -0.1) is 0 Å². The van der Waals surface area contributed by atoms with E-state index in [2.05, 4.69) is 20.6 Å². The number of ether oxygens (including phenoxy) is 3. The highest BCUT2D eigenvalue weighted by molar-refractivity contribution is 6.32. The molecule has 0 bridgehead atoms. The first-order valence-electron chi connectivity index (χ1n) is 12.4. The molecule has 9 nitrogen and oxygen atoms in total. The molecule has 3 aromatic rings. The quantitative estimate of drug-likeness (QED) is 0.335. The number of fused-ring (bicyclic) bond motifs is 1. The van der Waals surface area contributed by atoms with Crippen molar-refractivity contribution in [2.24, 2.45) is 0 Å². The molecule has 2 aliphatic rings. The van der Waals surface area contributed by atoms with Gasteiger partial charge in [0.25, 0.3) is 5.91 Å². The number of halogens is 5. The van der Waals surface area contributed by atoms with Crippen LogP contribution in [0.5, 0.6) is 11.5 Å². The average molecular weight is 584 g/mol. The Morgan fingerprint density at radius 2 is 2.15 bits per heavy atom. The van der Waals surface area contributed by atoms with Gasteiger partial charge in [-0.3, -0.25) is 14.7 Å². The molecule has 0 aliphatic carbocycles. The van der Waals surface area contributed by atoms with Gasteiger partial charge in [0.05, 0.1) is 54.1 Å². The highest BCUT2D eigenvalue weighted by Crippen LogP contribution is 2.43. The maximum atomic E-state index is 14.3. The Morgan fingerprint density at radius 3 is 2.92 bits per heavy atom. The van der Waals surface area contributed by atoms with Crippen LogP contribution < -0.4 is 20.1 Å². The van der Waals surface area contributed by atoms with Crippen LogP contribution in [0.15, 0.2) is 30.6 Å². The van der Waals surface area contributed by atoms with Crippen molar-refractivity contribution in [3.05, 3.63) is 52.7 Å². The predicted octanol–water partition coefficient (Wildman–Crippen LogP) is 4.55. The number of morpholine rings is 1. The number of hydrogen-bond acceptors (Lipinski definition) is 7. The Labute approximate surface area is 231 Å². The fourth-order valence-electron chi connectivity index (χ4n) is 4.86. The predicted molar refractivity (Wildman–Crippen MR) is 139 cm³/mol. The van der Waals surface area contributed by atoms with Gasteiger partial charge in [0.1, 0.15) is 24.3 Å². The lowest BCUT2D eigenvalue weighted by atomic mass is 10.0. The molecule has 0 spiro atoms. The number of rotatable bonds is 8. The zero-order valence-electron chi connectivity index (χ0n) is 21.3. The Balaban J connectivity index is 1.47. The van der Waals surface area contributed by atoms with E-state index in [9.17, 15) is 22.4 Å². The normalized spacial score (nSPS) is 17.8. The number of amides is 1. The summed E-state index contributed by atoms with van der Waals surface area (Å²) in [6.45, 7) is -0.248. The van der Waals surface area contributed by atoms with Crippen LogP contribution in [-0.2, 0) is 11.2 Å². The third-order valence-corrected chi connectivity index (χ3v) is 6.82. The minimum absolute atomic E-state index is 0.0238. The summed E-state index contributed by atoms with van der Waals surface area (Å²) >= 11 is 6.19. The number of anilines is 2. The van der Waals surface area contributed by atoms with E-state index < -0.39 is 24.6 Å². The van der Waals surface area contributed by atoms with Gasteiger partial charge in [-0.1, -0.05) is 11.6 Å². The number of pyridine rings is 1. The largest absolute Gasteiger partial charge is 0.493 e. The van der Waals surface area contributed by atoms with Gasteiger partial charge in [0.2, 0.25) is 0 Å². The summed E-state index contributed by atoms with van der Waals surface area (Å²) in [6, 6.07) is 3.98. The van der Waals surface area contributed by atoms with Crippen molar-refractivity contribution in [1.82, 2.24) is 20.2 Å². The molecule has 214 valence electrons. The molecular formula is C26H26ClF4N5O4. The molecule has 1 fully saturated rings. The van der Waals surface area contributed by atoms with E-state index in [1.807, 2.05) is 0 Å². The highest BCUT2D eigenvalue weighted by Gasteiger charge is 2.34. The van der Waals surface area contributed by atoms with E-state index in [0.29, 0.717) is 46.9 Å². The molecule has 2 aliphatic heterocycles. The van der Waals surface area contributed by atoms with Crippen LogP contribution in [0.4, 0.5) is 28.9 Å². The van der Waals surface area contributed by atoms with Gasteiger partial charge < -0.3 is 29.8 Å². The molecule has 14 heteroatoms. The maximum absolute atomic E-state index is 14.3. The minimum atomic E-state index is -4.31. The van der Waals surface area contributed by atoms with E-state index in [1.165, 1.54) is 30.5 Å². The standard InChI is InChI=1S/C26H26ClF4N5O4/c1-38-24-17(27)8-14(28)9-19(24)35-23-21-18(3-5-33-25(21)37)34-22(23)16-2-4-32-10-20(16)40-12-15-11-36(6-7-39-15)13-26(29,30)31/h2,4,8-10,15,34-35H,3,5-7,11-13H2,1H3,(H,33,37)/t15-/m0/s1.